The molecule has 0 aliphatic carbocycles. The number of benzene rings is 2. The second-order valence-corrected chi connectivity index (χ2v) is 8.77. The molecule has 0 amide bonds. The second-order valence-electron chi connectivity index (χ2n) is 7.75. The molecule has 2 heteroatoms. The standard InChI is InChI=1S/C26H37NS/c1-8-14-21-23-22-15-16(9-2)17(10-3)19(12-5)25(22)28-26(23)20(13-6)18(11-4)24(21)27-7/h15,27H,8-14H2,1-7H3. The highest BCUT2D eigenvalue weighted by molar-refractivity contribution is 7.26. The van der Waals surface area contributed by atoms with Crippen molar-refractivity contribution in [2.24, 2.45) is 0 Å². The highest BCUT2D eigenvalue weighted by atomic mass is 32.1. The van der Waals surface area contributed by atoms with Crippen LogP contribution in [0, 0.1) is 0 Å². The Kier molecular flexibility index (Phi) is 6.70. The molecule has 28 heavy (non-hydrogen) atoms. The summed E-state index contributed by atoms with van der Waals surface area (Å²) in [6.07, 6.45) is 7.93. The lowest BCUT2D eigenvalue weighted by Crippen LogP contribution is -2.05. The number of nitrogens with one attached hydrogen (secondary N) is 1. The average molecular weight is 396 g/mol. The molecule has 0 fully saturated rings. The van der Waals surface area contributed by atoms with Gasteiger partial charge in [-0.2, -0.15) is 0 Å². The van der Waals surface area contributed by atoms with Gasteiger partial charge in [-0.3, -0.25) is 0 Å². The van der Waals surface area contributed by atoms with Crippen LogP contribution in [0.2, 0.25) is 0 Å². The van der Waals surface area contributed by atoms with Crippen LogP contribution in [-0.4, -0.2) is 7.05 Å². The van der Waals surface area contributed by atoms with Gasteiger partial charge in [0.25, 0.3) is 0 Å². The molecule has 0 atom stereocenters. The molecule has 1 N–H and O–H groups in total. The third-order valence-electron chi connectivity index (χ3n) is 6.38. The molecule has 1 nitrogen and oxygen atoms in total. The van der Waals surface area contributed by atoms with E-state index in [1.807, 2.05) is 0 Å². The Morgan fingerprint density at radius 1 is 0.714 bits per heavy atom. The summed E-state index contributed by atoms with van der Waals surface area (Å²) in [6.45, 7) is 13.9. The average Bonchev–Trinajstić information content (AvgIpc) is 3.10. The number of fused-ring (bicyclic) bond motifs is 3. The van der Waals surface area contributed by atoms with E-state index in [0.717, 1.165) is 38.5 Å². The molecule has 2 aromatic carbocycles. The minimum Gasteiger partial charge on any atom is -0.388 e. The van der Waals surface area contributed by atoms with Gasteiger partial charge in [0.15, 0.2) is 0 Å². The smallest absolute Gasteiger partial charge is 0.0412 e. The fourth-order valence-electron chi connectivity index (χ4n) is 5.20. The van der Waals surface area contributed by atoms with Crippen LogP contribution < -0.4 is 5.32 Å². The number of hydrogen-bond donors (Lipinski definition) is 1. The molecule has 0 radical (unpaired) electrons. The topological polar surface area (TPSA) is 12.0 Å². The van der Waals surface area contributed by atoms with Crippen LogP contribution in [-0.2, 0) is 38.5 Å². The number of thiophene rings is 1. The fourth-order valence-corrected chi connectivity index (χ4v) is 6.79. The first-order valence-corrected chi connectivity index (χ1v) is 12.2. The normalized spacial score (nSPS) is 11.7. The lowest BCUT2D eigenvalue weighted by Gasteiger charge is -2.20. The van der Waals surface area contributed by atoms with Crippen LogP contribution in [0.15, 0.2) is 6.07 Å². The summed E-state index contributed by atoms with van der Waals surface area (Å²) >= 11 is 2.07. The van der Waals surface area contributed by atoms with E-state index in [1.165, 1.54) is 23.1 Å². The van der Waals surface area contributed by atoms with Crippen molar-refractivity contribution < 1.29 is 0 Å². The molecule has 0 saturated carbocycles. The van der Waals surface area contributed by atoms with Gasteiger partial charge < -0.3 is 5.32 Å². The molecule has 152 valence electrons. The minimum absolute atomic E-state index is 1.10. The Morgan fingerprint density at radius 2 is 1.32 bits per heavy atom. The van der Waals surface area contributed by atoms with E-state index >= 15 is 0 Å². The van der Waals surface area contributed by atoms with Crippen LogP contribution in [0.3, 0.4) is 0 Å². The van der Waals surface area contributed by atoms with Gasteiger partial charge in [-0.1, -0.05) is 48.0 Å². The summed E-state index contributed by atoms with van der Waals surface area (Å²) in [6, 6.07) is 2.54. The third kappa shape index (κ3) is 3.14. The Hall–Kier alpha value is -1.54. The van der Waals surface area contributed by atoms with Gasteiger partial charge in [0.05, 0.1) is 0 Å². The zero-order valence-electron chi connectivity index (χ0n) is 18.9. The van der Waals surface area contributed by atoms with Gasteiger partial charge in [-0.15, -0.1) is 11.3 Å². The van der Waals surface area contributed by atoms with Crippen LogP contribution in [0.5, 0.6) is 0 Å². The van der Waals surface area contributed by atoms with E-state index in [0.29, 0.717) is 0 Å². The minimum atomic E-state index is 1.10. The van der Waals surface area contributed by atoms with Crippen molar-refractivity contribution in [2.75, 3.05) is 12.4 Å². The Bertz CT molecular complexity index is 993. The third-order valence-corrected chi connectivity index (χ3v) is 7.70. The molecule has 0 unspecified atom stereocenters. The number of anilines is 1. The van der Waals surface area contributed by atoms with Crippen LogP contribution in [0.4, 0.5) is 5.69 Å². The maximum atomic E-state index is 3.61. The quantitative estimate of drug-likeness (QED) is 0.409. The predicted octanol–water partition coefficient (Wildman–Crippen LogP) is 7.86. The molecular formula is C26H37NS. The summed E-state index contributed by atoms with van der Waals surface area (Å²) < 4.78 is 3.11. The predicted molar refractivity (Wildman–Crippen MR) is 130 cm³/mol. The summed E-state index contributed by atoms with van der Waals surface area (Å²) in [4.78, 5) is 0. The Balaban J connectivity index is 2.61. The molecule has 0 aliphatic rings. The lowest BCUT2D eigenvalue weighted by atomic mass is 9.88. The van der Waals surface area contributed by atoms with Gasteiger partial charge in [-0.25, -0.2) is 0 Å². The number of aryl methyl sites for hydroxylation is 4. The van der Waals surface area contributed by atoms with Crippen molar-refractivity contribution in [3.8, 4) is 0 Å². The molecular weight excluding hydrogens is 358 g/mol. The van der Waals surface area contributed by atoms with E-state index in [-0.39, 0.29) is 0 Å². The SMILES string of the molecule is CCCc1c(NC)c(CC)c(CC)c2sc3c(CC)c(CC)c(CC)cc3c12. The first kappa shape index (κ1) is 21.2. The van der Waals surface area contributed by atoms with Crippen LogP contribution >= 0.6 is 11.3 Å². The van der Waals surface area contributed by atoms with Gasteiger partial charge in [0, 0.05) is 32.9 Å². The zero-order chi connectivity index (χ0) is 20.4. The van der Waals surface area contributed by atoms with E-state index in [9.17, 15) is 0 Å². The molecule has 0 saturated heterocycles. The molecule has 0 aliphatic heterocycles. The van der Waals surface area contributed by atoms with E-state index < -0.39 is 0 Å². The van der Waals surface area contributed by atoms with Gasteiger partial charge >= 0.3 is 0 Å². The van der Waals surface area contributed by atoms with E-state index in [2.05, 4.69) is 71.3 Å². The first-order chi connectivity index (χ1) is 13.6. The maximum Gasteiger partial charge on any atom is 0.0412 e. The van der Waals surface area contributed by atoms with Crippen LogP contribution in [0.25, 0.3) is 20.2 Å². The molecule has 0 bridgehead atoms. The van der Waals surface area contributed by atoms with Gasteiger partial charge in [-0.05, 0) is 78.0 Å². The summed E-state index contributed by atoms with van der Waals surface area (Å²) in [7, 11) is 2.11. The van der Waals surface area contributed by atoms with Crippen molar-refractivity contribution >= 4 is 37.2 Å². The van der Waals surface area contributed by atoms with Crippen molar-refractivity contribution in [1.29, 1.82) is 0 Å². The molecule has 1 aromatic heterocycles. The summed E-state index contributed by atoms with van der Waals surface area (Å²) in [5, 5.41) is 6.67. The van der Waals surface area contributed by atoms with Crippen molar-refractivity contribution in [2.45, 2.75) is 86.5 Å². The summed E-state index contributed by atoms with van der Waals surface area (Å²) in [5.41, 5.74) is 10.8. The number of rotatable bonds is 8. The van der Waals surface area contributed by atoms with Gasteiger partial charge in [0.2, 0.25) is 0 Å². The van der Waals surface area contributed by atoms with Crippen molar-refractivity contribution in [3.63, 3.8) is 0 Å². The molecule has 0 spiro atoms. The second kappa shape index (κ2) is 8.86. The fraction of sp³-hybridized carbons (Fsp3) is 0.538. The molecule has 3 rings (SSSR count). The molecule has 3 aromatic rings. The Morgan fingerprint density at radius 3 is 1.82 bits per heavy atom. The van der Waals surface area contributed by atoms with E-state index in [1.54, 1.807) is 42.6 Å². The monoisotopic (exact) mass is 395 g/mol. The largest absolute Gasteiger partial charge is 0.388 e. The zero-order valence-corrected chi connectivity index (χ0v) is 19.8. The molecule has 1 heterocycles. The number of hydrogen-bond acceptors (Lipinski definition) is 2. The Labute approximate surface area is 175 Å². The van der Waals surface area contributed by atoms with Crippen molar-refractivity contribution in [1.82, 2.24) is 0 Å². The van der Waals surface area contributed by atoms with E-state index in [4.69, 9.17) is 0 Å². The highest BCUT2D eigenvalue weighted by Gasteiger charge is 2.22. The lowest BCUT2D eigenvalue weighted by molar-refractivity contribution is 0.924. The van der Waals surface area contributed by atoms with Crippen molar-refractivity contribution in [3.05, 3.63) is 39.4 Å². The maximum absolute atomic E-state index is 3.61. The highest BCUT2D eigenvalue weighted by Crippen LogP contribution is 2.46. The first-order valence-electron chi connectivity index (χ1n) is 11.3. The van der Waals surface area contributed by atoms with Gasteiger partial charge in [0.1, 0.15) is 0 Å². The van der Waals surface area contributed by atoms with Crippen LogP contribution in [0.1, 0.15) is 81.3 Å². The summed E-state index contributed by atoms with van der Waals surface area (Å²) in [5.74, 6) is 0.